The Balaban J connectivity index is 1.87. The maximum absolute atomic E-state index is 13.0. The van der Waals surface area contributed by atoms with Crippen LogP contribution in [-0.2, 0) is 14.8 Å². The van der Waals surface area contributed by atoms with Gasteiger partial charge in [-0.05, 0) is 31.2 Å². The Morgan fingerprint density at radius 2 is 2.21 bits per heavy atom. The fourth-order valence-corrected chi connectivity index (χ4v) is 6.38. The molecule has 3 rings (SSSR count). The maximum atomic E-state index is 13.0. The molecule has 24 heavy (non-hydrogen) atoms. The number of esters is 1. The van der Waals surface area contributed by atoms with Crippen LogP contribution in [0.15, 0.2) is 16.3 Å². The monoisotopic (exact) mass is 387 g/mol. The Morgan fingerprint density at radius 3 is 2.88 bits per heavy atom. The fraction of sp³-hybridized carbons (Fsp3) is 0.500. The van der Waals surface area contributed by atoms with Crippen LogP contribution in [0.3, 0.4) is 0 Å². The Kier molecular flexibility index (Phi) is 5.00. The minimum Gasteiger partial charge on any atom is -0.465 e. The van der Waals surface area contributed by atoms with Gasteiger partial charge in [0.25, 0.3) is 0 Å². The van der Waals surface area contributed by atoms with Crippen molar-refractivity contribution in [2.45, 2.75) is 30.6 Å². The first-order chi connectivity index (χ1) is 11.4. The highest BCUT2D eigenvalue weighted by Gasteiger charge is 2.35. The number of nitrogens with zero attached hydrogens (tertiary/aromatic N) is 3. The number of rotatable bonds is 4. The quantitative estimate of drug-likeness (QED) is 0.748. The third-order valence-electron chi connectivity index (χ3n) is 3.89. The summed E-state index contributed by atoms with van der Waals surface area (Å²) in [7, 11) is -2.50. The van der Waals surface area contributed by atoms with Crippen molar-refractivity contribution in [3.8, 4) is 0 Å². The molecule has 0 aromatic carbocycles. The van der Waals surface area contributed by atoms with Crippen molar-refractivity contribution in [2.24, 2.45) is 0 Å². The smallest absolute Gasteiger partial charge is 0.349 e. The van der Waals surface area contributed by atoms with E-state index in [-0.39, 0.29) is 15.7 Å². The van der Waals surface area contributed by atoms with Crippen molar-refractivity contribution < 1.29 is 17.9 Å². The largest absolute Gasteiger partial charge is 0.465 e. The number of hydrogen-bond acceptors (Lipinski definition) is 8. The lowest BCUT2D eigenvalue weighted by molar-refractivity contribution is 0.0602. The second-order valence-corrected chi connectivity index (χ2v) is 9.50. The van der Waals surface area contributed by atoms with Gasteiger partial charge in [-0.25, -0.2) is 13.2 Å². The fourth-order valence-electron chi connectivity index (χ4n) is 2.72. The Labute approximate surface area is 148 Å². The van der Waals surface area contributed by atoms with Crippen LogP contribution >= 0.6 is 22.7 Å². The van der Waals surface area contributed by atoms with Gasteiger partial charge >= 0.3 is 5.97 Å². The standard InChI is InChI=1S/C14H17N3O4S3/c1-9-15-16-13(23-9)10-4-3-6-17(8-10)24(19,20)11-5-7-22-12(11)14(18)21-2/h5,7,10H,3-4,6,8H2,1-2H3. The molecule has 1 saturated heterocycles. The zero-order valence-corrected chi connectivity index (χ0v) is 15.7. The molecule has 0 spiro atoms. The van der Waals surface area contributed by atoms with E-state index >= 15 is 0 Å². The highest BCUT2D eigenvalue weighted by atomic mass is 32.2. The molecular formula is C14H17N3O4S3. The molecule has 0 N–H and O–H groups in total. The molecule has 0 bridgehead atoms. The lowest BCUT2D eigenvalue weighted by Gasteiger charge is -2.30. The van der Waals surface area contributed by atoms with Crippen LogP contribution in [0.2, 0.25) is 0 Å². The summed E-state index contributed by atoms with van der Waals surface area (Å²) >= 11 is 2.57. The molecule has 0 radical (unpaired) electrons. The van der Waals surface area contributed by atoms with Crippen molar-refractivity contribution in [1.29, 1.82) is 0 Å². The van der Waals surface area contributed by atoms with E-state index in [1.807, 2.05) is 6.92 Å². The number of hydrogen-bond donors (Lipinski definition) is 0. The summed E-state index contributed by atoms with van der Waals surface area (Å²) in [5.74, 6) is -0.586. The van der Waals surface area contributed by atoms with Crippen LogP contribution in [0.1, 0.15) is 38.4 Å². The molecule has 1 fully saturated rings. The molecule has 130 valence electrons. The average Bonchev–Trinajstić information content (AvgIpc) is 3.23. The Bertz CT molecular complexity index is 843. The number of thiophene rings is 1. The van der Waals surface area contributed by atoms with Crippen molar-refractivity contribution in [1.82, 2.24) is 14.5 Å². The summed E-state index contributed by atoms with van der Waals surface area (Å²) in [5, 5.41) is 11.5. The van der Waals surface area contributed by atoms with E-state index in [0.29, 0.717) is 13.1 Å². The predicted octanol–water partition coefficient (Wildman–Crippen LogP) is 2.26. The molecule has 2 aromatic rings. The molecular weight excluding hydrogens is 370 g/mol. The van der Waals surface area contributed by atoms with E-state index in [1.54, 1.807) is 5.38 Å². The number of sulfonamides is 1. The Morgan fingerprint density at radius 1 is 1.42 bits per heavy atom. The van der Waals surface area contributed by atoms with E-state index in [4.69, 9.17) is 0 Å². The van der Waals surface area contributed by atoms with E-state index < -0.39 is 16.0 Å². The van der Waals surface area contributed by atoms with Crippen LogP contribution in [0, 0.1) is 6.92 Å². The van der Waals surface area contributed by atoms with Crippen LogP contribution in [0.25, 0.3) is 0 Å². The first-order valence-corrected chi connectivity index (χ1v) is 10.5. The van der Waals surface area contributed by atoms with Gasteiger partial charge < -0.3 is 4.74 Å². The topological polar surface area (TPSA) is 89.5 Å². The number of ether oxygens (including phenoxy) is 1. The summed E-state index contributed by atoms with van der Waals surface area (Å²) in [5.41, 5.74) is 0. The summed E-state index contributed by atoms with van der Waals surface area (Å²) in [6.45, 7) is 2.67. The minimum atomic E-state index is -3.74. The summed E-state index contributed by atoms with van der Waals surface area (Å²) in [4.78, 5) is 11.9. The van der Waals surface area contributed by atoms with Crippen LogP contribution in [0.4, 0.5) is 0 Å². The van der Waals surface area contributed by atoms with Gasteiger partial charge in [0, 0.05) is 19.0 Å². The van der Waals surface area contributed by atoms with Gasteiger partial charge in [0.1, 0.15) is 19.8 Å². The summed E-state index contributed by atoms with van der Waals surface area (Å²) < 4.78 is 32.0. The van der Waals surface area contributed by atoms with Crippen LogP contribution < -0.4 is 0 Å². The van der Waals surface area contributed by atoms with Crippen LogP contribution in [0.5, 0.6) is 0 Å². The lowest BCUT2D eigenvalue weighted by Crippen LogP contribution is -2.39. The Hall–Kier alpha value is -1.36. The van der Waals surface area contributed by atoms with Crippen molar-refractivity contribution in [3.05, 3.63) is 26.3 Å². The number of carbonyl (C=O) groups is 1. The second-order valence-electron chi connectivity index (χ2n) is 5.47. The van der Waals surface area contributed by atoms with Crippen LogP contribution in [-0.4, -0.2) is 49.1 Å². The predicted molar refractivity (Wildman–Crippen MR) is 91.0 cm³/mol. The molecule has 2 aromatic heterocycles. The van der Waals surface area contributed by atoms with Gasteiger partial charge in [0.15, 0.2) is 0 Å². The van der Waals surface area contributed by atoms with Crippen molar-refractivity contribution in [2.75, 3.05) is 20.2 Å². The van der Waals surface area contributed by atoms with E-state index in [9.17, 15) is 13.2 Å². The van der Waals surface area contributed by atoms with Gasteiger partial charge in [-0.3, -0.25) is 0 Å². The maximum Gasteiger partial charge on any atom is 0.349 e. The lowest BCUT2D eigenvalue weighted by atomic mass is 10.0. The van der Waals surface area contributed by atoms with E-state index in [2.05, 4.69) is 14.9 Å². The number of methoxy groups -OCH3 is 1. The van der Waals surface area contributed by atoms with Crippen molar-refractivity contribution >= 4 is 38.7 Å². The summed E-state index contributed by atoms with van der Waals surface area (Å²) in [6.07, 6.45) is 1.63. The molecule has 1 aliphatic heterocycles. The summed E-state index contributed by atoms with van der Waals surface area (Å²) in [6, 6.07) is 1.46. The SMILES string of the molecule is COC(=O)c1sccc1S(=O)(=O)N1CCCC(c2nnc(C)s2)C1. The normalized spacial score (nSPS) is 19.3. The zero-order chi connectivity index (χ0) is 17.3. The average molecular weight is 388 g/mol. The molecule has 0 saturated carbocycles. The molecule has 3 heterocycles. The zero-order valence-electron chi connectivity index (χ0n) is 13.3. The van der Waals surface area contributed by atoms with Crippen molar-refractivity contribution in [3.63, 3.8) is 0 Å². The van der Waals surface area contributed by atoms with Gasteiger partial charge in [-0.2, -0.15) is 4.31 Å². The third kappa shape index (κ3) is 3.23. The van der Waals surface area contributed by atoms with Gasteiger partial charge in [0.05, 0.1) is 7.11 Å². The highest BCUT2D eigenvalue weighted by Crippen LogP contribution is 2.33. The molecule has 1 unspecified atom stereocenters. The second kappa shape index (κ2) is 6.87. The molecule has 1 aliphatic rings. The number of aryl methyl sites for hydroxylation is 1. The van der Waals surface area contributed by atoms with E-state index in [0.717, 1.165) is 34.2 Å². The number of piperidine rings is 1. The van der Waals surface area contributed by atoms with Gasteiger partial charge in [-0.1, -0.05) is 0 Å². The molecule has 7 nitrogen and oxygen atoms in total. The first-order valence-electron chi connectivity index (χ1n) is 7.39. The molecule has 10 heteroatoms. The first kappa shape index (κ1) is 17.5. The highest BCUT2D eigenvalue weighted by molar-refractivity contribution is 7.89. The van der Waals surface area contributed by atoms with E-state index in [1.165, 1.54) is 28.8 Å². The number of carbonyl (C=O) groups excluding carboxylic acids is 1. The molecule has 1 atom stereocenters. The molecule has 0 amide bonds. The van der Waals surface area contributed by atoms with Gasteiger partial charge in [0.2, 0.25) is 10.0 Å². The van der Waals surface area contributed by atoms with Gasteiger partial charge in [-0.15, -0.1) is 32.9 Å². The molecule has 0 aliphatic carbocycles. The third-order valence-corrected chi connectivity index (χ3v) is 7.83. The number of aromatic nitrogens is 2. The minimum absolute atomic E-state index is 0.0217.